The number of benzene rings is 1. The summed E-state index contributed by atoms with van der Waals surface area (Å²) in [6.07, 6.45) is 3.37. The first-order valence-corrected chi connectivity index (χ1v) is 4.90. The van der Waals surface area contributed by atoms with Gasteiger partial charge in [-0.2, -0.15) is 0 Å². The van der Waals surface area contributed by atoms with Crippen LogP contribution in [0.5, 0.6) is 0 Å². The van der Waals surface area contributed by atoms with Crippen LogP contribution in [0.4, 0.5) is 10.5 Å². The van der Waals surface area contributed by atoms with E-state index in [1.807, 2.05) is 39.0 Å². The van der Waals surface area contributed by atoms with Gasteiger partial charge < -0.3 is 10.6 Å². The zero-order chi connectivity index (χ0) is 11.3. The first-order valence-electron chi connectivity index (χ1n) is 4.90. The smallest absolute Gasteiger partial charge is 0.315 e. The fourth-order valence-electron chi connectivity index (χ4n) is 1.32. The van der Waals surface area contributed by atoms with Crippen molar-refractivity contribution in [1.29, 1.82) is 0 Å². The number of nitrogens with one attached hydrogen (secondary N) is 2. The van der Waals surface area contributed by atoms with Crippen molar-refractivity contribution in [3.05, 3.63) is 41.6 Å². The lowest BCUT2D eigenvalue weighted by Crippen LogP contribution is -2.24. The second kappa shape index (κ2) is 5.20. The minimum atomic E-state index is -0.217. The van der Waals surface area contributed by atoms with Crippen LogP contribution in [0.1, 0.15) is 18.1 Å². The average Bonchev–Trinajstić information content (AvgIpc) is 2.21. The van der Waals surface area contributed by atoms with E-state index in [-0.39, 0.29) is 6.03 Å². The van der Waals surface area contributed by atoms with Crippen LogP contribution in [0.2, 0.25) is 0 Å². The summed E-state index contributed by atoms with van der Waals surface area (Å²) >= 11 is 0. The standard InChI is InChI=1S/C12H16N2O/c1-4-8-13-12(15)14-11-9(2)6-5-7-10(11)3/h4-8H,1-3H3,(H2,13,14,15)/b8-4+. The zero-order valence-corrected chi connectivity index (χ0v) is 9.29. The summed E-state index contributed by atoms with van der Waals surface area (Å²) < 4.78 is 0. The summed E-state index contributed by atoms with van der Waals surface area (Å²) in [5.74, 6) is 0. The third-order valence-electron chi connectivity index (χ3n) is 2.10. The highest BCUT2D eigenvalue weighted by Crippen LogP contribution is 2.18. The van der Waals surface area contributed by atoms with Crippen LogP contribution in [-0.4, -0.2) is 6.03 Å². The summed E-state index contributed by atoms with van der Waals surface area (Å²) in [5, 5.41) is 5.42. The Labute approximate surface area is 90.2 Å². The summed E-state index contributed by atoms with van der Waals surface area (Å²) in [4.78, 5) is 11.4. The van der Waals surface area contributed by atoms with E-state index in [4.69, 9.17) is 0 Å². The Hall–Kier alpha value is -1.77. The molecule has 0 aliphatic rings. The van der Waals surface area contributed by atoms with Crippen LogP contribution in [0.3, 0.4) is 0 Å². The minimum Gasteiger partial charge on any atom is -0.315 e. The van der Waals surface area contributed by atoms with Gasteiger partial charge in [0, 0.05) is 11.9 Å². The number of urea groups is 1. The highest BCUT2D eigenvalue weighted by Gasteiger charge is 2.04. The molecule has 3 heteroatoms. The number of rotatable bonds is 2. The number of anilines is 1. The van der Waals surface area contributed by atoms with Gasteiger partial charge in [0.1, 0.15) is 0 Å². The van der Waals surface area contributed by atoms with E-state index in [1.165, 1.54) is 0 Å². The average molecular weight is 204 g/mol. The molecule has 0 aliphatic carbocycles. The lowest BCUT2D eigenvalue weighted by molar-refractivity contribution is 0.255. The predicted molar refractivity (Wildman–Crippen MR) is 62.9 cm³/mol. The van der Waals surface area contributed by atoms with Crippen molar-refractivity contribution in [2.24, 2.45) is 0 Å². The van der Waals surface area contributed by atoms with Gasteiger partial charge in [-0.25, -0.2) is 4.79 Å². The van der Waals surface area contributed by atoms with Crippen molar-refractivity contribution < 1.29 is 4.79 Å². The molecule has 3 nitrogen and oxygen atoms in total. The molecule has 2 N–H and O–H groups in total. The zero-order valence-electron chi connectivity index (χ0n) is 9.29. The van der Waals surface area contributed by atoms with Gasteiger partial charge in [-0.3, -0.25) is 0 Å². The summed E-state index contributed by atoms with van der Waals surface area (Å²) in [6, 6.07) is 5.70. The first kappa shape index (κ1) is 11.3. The monoisotopic (exact) mass is 204 g/mol. The second-order valence-electron chi connectivity index (χ2n) is 3.37. The molecule has 0 aromatic heterocycles. The van der Waals surface area contributed by atoms with Gasteiger partial charge in [0.2, 0.25) is 0 Å². The van der Waals surface area contributed by atoms with Gasteiger partial charge in [0.25, 0.3) is 0 Å². The van der Waals surface area contributed by atoms with Crippen LogP contribution in [0.25, 0.3) is 0 Å². The lowest BCUT2D eigenvalue weighted by atomic mass is 10.1. The molecule has 0 atom stereocenters. The molecule has 0 heterocycles. The molecule has 0 spiro atoms. The maximum Gasteiger partial charge on any atom is 0.323 e. The van der Waals surface area contributed by atoms with E-state index < -0.39 is 0 Å². The van der Waals surface area contributed by atoms with Crippen LogP contribution >= 0.6 is 0 Å². The van der Waals surface area contributed by atoms with Crippen LogP contribution in [-0.2, 0) is 0 Å². The van der Waals surface area contributed by atoms with Crippen LogP contribution in [0.15, 0.2) is 30.5 Å². The number of aryl methyl sites for hydroxylation is 2. The van der Waals surface area contributed by atoms with E-state index in [2.05, 4.69) is 10.6 Å². The maximum atomic E-state index is 11.4. The molecule has 0 unspecified atom stereocenters. The van der Waals surface area contributed by atoms with Crippen molar-refractivity contribution in [3.63, 3.8) is 0 Å². The van der Waals surface area contributed by atoms with Crippen LogP contribution < -0.4 is 10.6 Å². The fourth-order valence-corrected chi connectivity index (χ4v) is 1.32. The maximum absolute atomic E-state index is 11.4. The molecule has 1 aromatic carbocycles. The van der Waals surface area contributed by atoms with Crippen molar-refractivity contribution in [2.75, 3.05) is 5.32 Å². The third-order valence-corrected chi connectivity index (χ3v) is 2.10. The second-order valence-corrected chi connectivity index (χ2v) is 3.37. The van der Waals surface area contributed by atoms with Crippen LogP contribution in [0, 0.1) is 13.8 Å². The largest absolute Gasteiger partial charge is 0.323 e. The number of para-hydroxylation sites is 1. The normalized spacial score (nSPS) is 10.3. The Morgan fingerprint density at radius 1 is 1.27 bits per heavy atom. The molecule has 80 valence electrons. The number of hydrogen-bond donors (Lipinski definition) is 2. The van der Waals surface area contributed by atoms with E-state index in [1.54, 1.807) is 12.3 Å². The Balaban J connectivity index is 2.76. The highest BCUT2D eigenvalue weighted by atomic mass is 16.2. The Kier molecular flexibility index (Phi) is 3.92. The molecule has 1 rings (SSSR count). The fraction of sp³-hybridized carbons (Fsp3) is 0.250. The number of carbonyl (C=O) groups excluding carboxylic acids is 1. The molecule has 15 heavy (non-hydrogen) atoms. The molecule has 2 amide bonds. The van der Waals surface area contributed by atoms with Gasteiger partial charge >= 0.3 is 6.03 Å². The molecular weight excluding hydrogens is 188 g/mol. The molecule has 1 aromatic rings. The van der Waals surface area contributed by atoms with E-state index >= 15 is 0 Å². The number of hydrogen-bond acceptors (Lipinski definition) is 1. The molecule has 0 radical (unpaired) electrons. The quantitative estimate of drug-likeness (QED) is 0.764. The van der Waals surface area contributed by atoms with Gasteiger partial charge in [-0.15, -0.1) is 0 Å². The SMILES string of the molecule is C/C=C/NC(=O)Nc1c(C)cccc1C. The Bertz CT molecular complexity index is 363. The molecule has 0 bridgehead atoms. The molecule has 0 saturated heterocycles. The number of amides is 2. The molecule has 0 saturated carbocycles. The highest BCUT2D eigenvalue weighted by molar-refractivity contribution is 5.91. The van der Waals surface area contributed by atoms with Gasteiger partial charge in [-0.1, -0.05) is 24.3 Å². The topological polar surface area (TPSA) is 41.1 Å². The van der Waals surface area contributed by atoms with Gasteiger partial charge in [0.05, 0.1) is 0 Å². The number of allylic oxidation sites excluding steroid dienone is 1. The third kappa shape index (κ3) is 3.13. The molecule has 0 aliphatic heterocycles. The van der Waals surface area contributed by atoms with Crippen molar-refractivity contribution >= 4 is 11.7 Å². The first-order chi connectivity index (χ1) is 7.15. The van der Waals surface area contributed by atoms with Crippen molar-refractivity contribution in [2.45, 2.75) is 20.8 Å². The Morgan fingerprint density at radius 2 is 1.87 bits per heavy atom. The predicted octanol–water partition coefficient (Wildman–Crippen LogP) is 2.96. The van der Waals surface area contributed by atoms with Crippen molar-refractivity contribution in [3.8, 4) is 0 Å². The van der Waals surface area contributed by atoms with Gasteiger partial charge in [0.15, 0.2) is 0 Å². The lowest BCUT2D eigenvalue weighted by Gasteiger charge is -2.10. The molecular formula is C12H16N2O. The van der Waals surface area contributed by atoms with Gasteiger partial charge in [-0.05, 0) is 31.9 Å². The van der Waals surface area contributed by atoms with E-state index in [9.17, 15) is 4.79 Å². The summed E-state index contributed by atoms with van der Waals surface area (Å²) in [6.45, 7) is 5.79. The summed E-state index contributed by atoms with van der Waals surface area (Å²) in [7, 11) is 0. The number of carbonyl (C=O) groups is 1. The molecule has 0 fully saturated rings. The Morgan fingerprint density at radius 3 is 2.40 bits per heavy atom. The van der Waals surface area contributed by atoms with E-state index in [0.717, 1.165) is 16.8 Å². The van der Waals surface area contributed by atoms with E-state index in [0.29, 0.717) is 0 Å². The minimum absolute atomic E-state index is 0.217. The summed E-state index contributed by atoms with van der Waals surface area (Å²) in [5.41, 5.74) is 3.00. The van der Waals surface area contributed by atoms with Crippen molar-refractivity contribution in [1.82, 2.24) is 5.32 Å².